The lowest BCUT2D eigenvalue weighted by Crippen LogP contribution is -2.55. The summed E-state index contributed by atoms with van der Waals surface area (Å²) in [7, 11) is 1.57. The number of nitrogens with zero attached hydrogens (tertiary/aromatic N) is 1. The molecule has 2 aliphatic heterocycles. The van der Waals surface area contributed by atoms with Gasteiger partial charge in [0.25, 0.3) is 0 Å². The van der Waals surface area contributed by atoms with Crippen molar-refractivity contribution < 1.29 is 27.8 Å². The van der Waals surface area contributed by atoms with Crippen LogP contribution < -0.4 is 0 Å². The predicted molar refractivity (Wildman–Crippen MR) is 85.6 cm³/mol. The minimum Gasteiger partial charge on any atom is -0.387 e. The third kappa shape index (κ3) is 4.16. The van der Waals surface area contributed by atoms with Crippen LogP contribution in [0.15, 0.2) is 12.1 Å². The van der Waals surface area contributed by atoms with E-state index in [1.54, 1.807) is 7.11 Å². The Hall–Kier alpha value is -1.15. The van der Waals surface area contributed by atoms with Crippen LogP contribution in [0.25, 0.3) is 0 Å². The van der Waals surface area contributed by atoms with Gasteiger partial charge in [-0.15, -0.1) is 0 Å². The molecule has 2 aliphatic rings. The van der Waals surface area contributed by atoms with Gasteiger partial charge in [0.1, 0.15) is 5.82 Å². The molecule has 1 spiro atoms. The first-order chi connectivity index (χ1) is 11.8. The zero-order chi connectivity index (χ0) is 18.1. The zero-order valence-electron chi connectivity index (χ0n) is 14.4. The average Bonchev–Trinajstić information content (AvgIpc) is 2.55. The highest BCUT2D eigenvalue weighted by Gasteiger charge is 2.46. The molecule has 0 radical (unpaired) electrons. The molecule has 2 saturated heterocycles. The maximum atomic E-state index is 13.8. The number of halogens is 3. The summed E-state index contributed by atoms with van der Waals surface area (Å²) < 4.78 is 51.3. The van der Waals surface area contributed by atoms with E-state index in [9.17, 15) is 18.3 Å². The maximum Gasteiger partial charge on any atom is 0.161 e. The minimum atomic E-state index is -1.17. The fraction of sp³-hybridized carbons (Fsp3) is 0.667. The quantitative estimate of drug-likeness (QED) is 0.840. The molecule has 0 aliphatic carbocycles. The van der Waals surface area contributed by atoms with Crippen LogP contribution in [0.2, 0.25) is 0 Å². The summed E-state index contributed by atoms with van der Waals surface area (Å²) >= 11 is 0. The molecule has 1 N–H and O–H groups in total. The van der Waals surface area contributed by atoms with Crippen LogP contribution in [0.1, 0.15) is 31.2 Å². The van der Waals surface area contributed by atoms with Crippen molar-refractivity contribution in [3.8, 4) is 0 Å². The summed E-state index contributed by atoms with van der Waals surface area (Å²) in [5, 5.41) is 10.6. The Balaban J connectivity index is 1.61. The molecule has 1 unspecified atom stereocenters. The van der Waals surface area contributed by atoms with Crippen LogP contribution >= 0.6 is 0 Å². The maximum absolute atomic E-state index is 13.8. The van der Waals surface area contributed by atoms with Gasteiger partial charge in [-0.25, -0.2) is 13.2 Å². The average molecular weight is 359 g/mol. The molecule has 1 atom stereocenters. The van der Waals surface area contributed by atoms with Gasteiger partial charge in [-0.3, -0.25) is 4.90 Å². The van der Waals surface area contributed by atoms with Gasteiger partial charge in [0.2, 0.25) is 0 Å². The van der Waals surface area contributed by atoms with Gasteiger partial charge >= 0.3 is 0 Å². The standard InChI is InChI=1S/C18H24F3NO3/c1-24-12-17(23)4-7-25-18(11-17)2-5-22(6-3-18)10-13-8-15(20)16(21)9-14(13)19/h8-9,23H,2-7,10-12H2,1H3. The lowest BCUT2D eigenvalue weighted by atomic mass is 9.77. The largest absolute Gasteiger partial charge is 0.387 e. The van der Waals surface area contributed by atoms with Crippen molar-refractivity contribution in [3.05, 3.63) is 35.1 Å². The predicted octanol–water partition coefficient (Wildman–Crippen LogP) is 2.63. The third-order valence-corrected chi connectivity index (χ3v) is 5.29. The van der Waals surface area contributed by atoms with Crippen molar-refractivity contribution in [3.63, 3.8) is 0 Å². The van der Waals surface area contributed by atoms with Crippen molar-refractivity contribution >= 4 is 0 Å². The first-order valence-electron chi connectivity index (χ1n) is 8.56. The van der Waals surface area contributed by atoms with Crippen LogP contribution in [-0.2, 0) is 16.0 Å². The smallest absolute Gasteiger partial charge is 0.161 e. The first kappa shape index (κ1) is 18.6. The second-order valence-corrected chi connectivity index (χ2v) is 7.25. The van der Waals surface area contributed by atoms with Crippen LogP contribution in [0.4, 0.5) is 13.2 Å². The Morgan fingerprint density at radius 3 is 2.48 bits per heavy atom. The molecular weight excluding hydrogens is 335 g/mol. The Labute approximate surface area is 145 Å². The third-order valence-electron chi connectivity index (χ3n) is 5.29. The highest BCUT2D eigenvalue weighted by molar-refractivity contribution is 5.20. The Bertz CT molecular complexity index is 616. The highest BCUT2D eigenvalue weighted by atomic mass is 19.2. The molecule has 4 nitrogen and oxygen atoms in total. The second-order valence-electron chi connectivity index (χ2n) is 7.25. The molecule has 0 bridgehead atoms. The second kappa shape index (κ2) is 7.23. The Kier molecular flexibility index (Phi) is 5.39. The number of rotatable bonds is 4. The number of aliphatic hydroxyl groups is 1. The van der Waals surface area contributed by atoms with Crippen molar-refractivity contribution in [2.24, 2.45) is 0 Å². The molecule has 0 aromatic heterocycles. The lowest BCUT2D eigenvalue weighted by Gasteiger charge is -2.49. The Morgan fingerprint density at radius 2 is 1.80 bits per heavy atom. The fourth-order valence-electron chi connectivity index (χ4n) is 3.95. The van der Waals surface area contributed by atoms with Crippen molar-refractivity contribution in [1.82, 2.24) is 4.90 Å². The highest BCUT2D eigenvalue weighted by Crippen LogP contribution is 2.40. The summed E-state index contributed by atoms with van der Waals surface area (Å²) in [4.78, 5) is 1.99. The van der Waals surface area contributed by atoms with Crippen molar-refractivity contribution in [1.29, 1.82) is 0 Å². The number of hydrogen-bond acceptors (Lipinski definition) is 4. The molecule has 3 rings (SSSR count). The number of methoxy groups -OCH3 is 1. The SMILES string of the molecule is COCC1(O)CCOC2(CCN(Cc3cc(F)c(F)cc3F)CC2)C1. The molecule has 1 aromatic carbocycles. The van der Waals surface area contributed by atoms with E-state index >= 15 is 0 Å². The van der Waals surface area contributed by atoms with Gasteiger partial charge in [0.15, 0.2) is 11.6 Å². The molecule has 25 heavy (non-hydrogen) atoms. The van der Waals surface area contributed by atoms with Crippen LogP contribution in [0, 0.1) is 17.5 Å². The lowest BCUT2D eigenvalue weighted by molar-refractivity contribution is -0.191. The van der Waals surface area contributed by atoms with Gasteiger partial charge in [0.05, 0.1) is 24.4 Å². The van der Waals surface area contributed by atoms with E-state index in [0.29, 0.717) is 51.4 Å². The van der Waals surface area contributed by atoms with E-state index in [1.165, 1.54) is 0 Å². The van der Waals surface area contributed by atoms with Crippen LogP contribution in [-0.4, -0.2) is 54.6 Å². The van der Waals surface area contributed by atoms with Gasteiger partial charge in [-0.05, 0) is 18.9 Å². The molecule has 140 valence electrons. The summed E-state index contributed by atoms with van der Waals surface area (Å²) in [6, 6.07) is 1.51. The zero-order valence-corrected chi connectivity index (χ0v) is 14.4. The number of likely N-dealkylation sites (tertiary alicyclic amines) is 1. The van der Waals surface area contributed by atoms with E-state index in [4.69, 9.17) is 9.47 Å². The van der Waals surface area contributed by atoms with Crippen molar-refractivity contribution in [2.45, 2.75) is 43.4 Å². The van der Waals surface area contributed by atoms with Gasteiger partial charge in [0, 0.05) is 51.2 Å². The van der Waals surface area contributed by atoms with Crippen LogP contribution in [0.3, 0.4) is 0 Å². The van der Waals surface area contributed by atoms with Gasteiger partial charge in [-0.1, -0.05) is 0 Å². The fourth-order valence-corrected chi connectivity index (χ4v) is 3.95. The first-order valence-corrected chi connectivity index (χ1v) is 8.56. The van der Waals surface area contributed by atoms with E-state index in [0.717, 1.165) is 6.07 Å². The van der Waals surface area contributed by atoms with Crippen LogP contribution in [0.5, 0.6) is 0 Å². The summed E-state index contributed by atoms with van der Waals surface area (Å²) in [6.45, 7) is 2.27. The van der Waals surface area contributed by atoms with Gasteiger partial charge in [-0.2, -0.15) is 0 Å². The minimum absolute atomic E-state index is 0.148. The molecule has 0 saturated carbocycles. The van der Waals surface area contributed by atoms with E-state index < -0.39 is 28.7 Å². The molecule has 2 fully saturated rings. The van der Waals surface area contributed by atoms with E-state index in [-0.39, 0.29) is 18.7 Å². The number of ether oxygens (including phenoxy) is 2. The van der Waals surface area contributed by atoms with Gasteiger partial charge < -0.3 is 14.6 Å². The van der Waals surface area contributed by atoms with Crippen molar-refractivity contribution in [2.75, 3.05) is 33.4 Å². The molecular formula is C18H24F3NO3. The summed E-state index contributed by atoms with van der Waals surface area (Å²) in [6.07, 6.45) is 2.46. The molecule has 0 amide bonds. The molecule has 2 heterocycles. The van der Waals surface area contributed by atoms with E-state index in [1.807, 2.05) is 4.90 Å². The topological polar surface area (TPSA) is 41.9 Å². The van der Waals surface area contributed by atoms with E-state index in [2.05, 4.69) is 0 Å². The molecule has 7 heteroatoms. The number of hydrogen-bond donors (Lipinski definition) is 1. The number of benzene rings is 1. The Morgan fingerprint density at radius 1 is 1.12 bits per heavy atom. The summed E-state index contributed by atoms with van der Waals surface area (Å²) in [5.41, 5.74) is -1.12. The summed E-state index contributed by atoms with van der Waals surface area (Å²) in [5.74, 6) is -2.94. The number of piperidine rings is 1. The monoisotopic (exact) mass is 359 g/mol. The normalized spacial score (nSPS) is 26.9. The molecule has 1 aromatic rings.